The number of aliphatic hydroxyl groups excluding tert-OH is 1. The highest BCUT2D eigenvalue weighted by molar-refractivity contribution is 7.12. The zero-order chi connectivity index (χ0) is 12.8. The van der Waals surface area contributed by atoms with Crippen LogP contribution in [0.4, 0.5) is 0 Å². The lowest BCUT2D eigenvalue weighted by molar-refractivity contribution is 0.0708. The maximum absolute atomic E-state index is 12.1. The lowest BCUT2D eigenvalue weighted by atomic mass is 10.2. The van der Waals surface area contributed by atoms with Gasteiger partial charge in [0.15, 0.2) is 0 Å². The SMILES string of the molecule is CC(O)CN(C)C(=O)c1sccc1C#CCN. The molecule has 17 heavy (non-hydrogen) atoms. The number of hydrogen-bond acceptors (Lipinski definition) is 4. The third-order valence-electron chi connectivity index (χ3n) is 2.07. The van der Waals surface area contributed by atoms with Crippen LogP contribution >= 0.6 is 11.3 Å². The van der Waals surface area contributed by atoms with Crippen LogP contribution in [0.3, 0.4) is 0 Å². The van der Waals surface area contributed by atoms with Gasteiger partial charge in [0.1, 0.15) is 4.88 Å². The summed E-state index contributed by atoms with van der Waals surface area (Å²) in [5.74, 6) is 5.47. The summed E-state index contributed by atoms with van der Waals surface area (Å²) >= 11 is 1.35. The number of rotatable bonds is 3. The summed E-state index contributed by atoms with van der Waals surface area (Å²) in [4.78, 5) is 14.1. The number of thiophene rings is 1. The van der Waals surface area contributed by atoms with Crippen molar-refractivity contribution >= 4 is 17.2 Å². The molecule has 1 amide bonds. The molecule has 3 N–H and O–H groups in total. The molecule has 4 nitrogen and oxygen atoms in total. The number of amides is 1. The molecular formula is C12H16N2O2S. The summed E-state index contributed by atoms with van der Waals surface area (Å²) in [5, 5.41) is 11.1. The third kappa shape index (κ3) is 3.86. The predicted octanol–water partition coefficient (Wildman–Crippen LogP) is 0.511. The van der Waals surface area contributed by atoms with Crippen LogP contribution in [-0.4, -0.2) is 42.2 Å². The van der Waals surface area contributed by atoms with Gasteiger partial charge in [0.05, 0.1) is 12.6 Å². The molecule has 1 rings (SSSR count). The second-order valence-electron chi connectivity index (χ2n) is 3.70. The Hall–Kier alpha value is -1.35. The standard InChI is InChI=1S/C12H16N2O2S/c1-9(15)8-14(2)12(16)11-10(4-3-6-13)5-7-17-11/h5,7,9,15H,6,8,13H2,1-2H3. The highest BCUT2D eigenvalue weighted by atomic mass is 32.1. The molecule has 0 radical (unpaired) electrons. The van der Waals surface area contributed by atoms with Crippen LogP contribution in [0.25, 0.3) is 0 Å². The normalized spacial score (nSPS) is 11.5. The van der Waals surface area contributed by atoms with Crippen molar-refractivity contribution in [1.29, 1.82) is 0 Å². The van der Waals surface area contributed by atoms with Crippen LogP contribution in [0.1, 0.15) is 22.2 Å². The number of carbonyl (C=O) groups excluding carboxylic acids is 1. The van der Waals surface area contributed by atoms with E-state index in [0.717, 1.165) is 0 Å². The van der Waals surface area contributed by atoms with E-state index in [4.69, 9.17) is 5.73 Å². The Bertz CT molecular complexity index is 443. The zero-order valence-electron chi connectivity index (χ0n) is 9.93. The van der Waals surface area contributed by atoms with Crippen LogP contribution < -0.4 is 5.73 Å². The Morgan fingerprint density at radius 2 is 2.41 bits per heavy atom. The quantitative estimate of drug-likeness (QED) is 0.770. The molecule has 5 heteroatoms. The van der Waals surface area contributed by atoms with E-state index in [2.05, 4.69) is 11.8 Å². The molecule has 0 aliphatic rings. The number of aliphatic hydroxyl groups is 1. The molecule has 0 saturated carbocycles. The van der Waals surface area contributed by atoms with Gasteiger partial charge in [0.25, 0.3) is 5.91 Å². The summed E-state index contributed by atoms with van der Waals surface area (Å²) in [5.41, 5.74) is 6.00. The lowest BCUT2D eigenvalue weighted by Crippen LogP contribution is -2.32. The van der Waals surface area contributed by atoms with E-state index < -0.39 is 6.10 Å². The molecule has 0 aromatic carbocycles. The van der Waals surface area contributed by atoms with Gasteiger partial charge < -0.3 is 15.7 Å². The van der Waals surface area contributed by atoms with E-state index in [1.807, 2.05) is 5.38 Å². The van der Waals surface area contributed by atoms with E-state index >= 15 is 0 Å². The highest BCUT2D eigenvalue weighted by Gasteiger charge is 2.17. The Kier molecular flexibility index (Phi) is 5.16. The average molecular weight is 252 g/mol. The van der Waals surface area contributed by atoms with E-state index in [1.165, 1.54) is 16.2 Å². The van der Waals surface area contributed by atoms with E-state index in [0.29, 0.717) is 17.0 Å². The van der Waals surface area contributed by atoms with Crippen molar-refractivity contribution < 1.29 is 9.90 Å². The third-order valence-corrected chi connectivity index (χ3v) is 2.97. The van der Waals surface area contributed by atoms with Gasteiger partial charge in [0, 0.05) is 19.2 Å². The minimum Gasteiger partial charge on any atom is -0.392 e. The number of carbonyl (C=O) groups is 1. The fourth-order valence-corrected chi connectivity index (χ4v) is 2.22. The smallest absolute Gasteiger partial charge is 0.265 e. The Balaban J connectivity index is 2.85. The fourth-order valence-electron chi connectivity index (χ4n) is 1.37. The molecule has 92 valence electrons. The van der Waals surface area contributed by atoms with Crippen molar-refractivity contribution in [1.82, 2.24) is 4.90 Å². The molecule has 0 spiro atoms. The van der Waals surface area contributed by atoms with E-state index in [1.54, 1.807) is 20.0 Å². The van der Waals surface area contributed by atoms with Gasteiger partial charge in [0.2, 0.25) is 0 Å². The van der Waals surface area contributed by atoms with Crippen LogP contribution in [0.5, 0.6) is 0 Å². The van der Waals surface area contributed by atoms with Gasteiger partial charge in [-0.3, -0.25) is 4.79 Å². The first-order chi connectivity index (χ1) is 8.06. The van der Waals surface area contributed by atoms with Crippen LogP contribution in [-0.2, 0) is 0 Å². The maximum atomic E-state index is 12.1. The van der Waals surface area contributed by atoms with Crippen molar-refractivity contribution in [2.75, 3.05) is 20.1 Å². The highest BCUT2D eigenvalue weighted by Crippen LogP contribution is 2.17. The van der Waals surface area contributed by atoms with Gasteiger partial charge in [-0.2, -0.15) is 0 Å². The lowest BCUT2D eigenvalue weighted by Gasteiger charge is -2.18. The van der Waals surface area contributed by atoms with Crippen molar-refractivity contribution in [2.24, 2.45) is 5.73 Å². The van der Waals surface area contributed by atoms with Gasteiger partial charge in [-0.25, -0.2) is 0 Å². The largest absolute Gasteiger partial charge is 0.392 e. The number of nitrogens with zero attached hydrogens (tertiary/aromatic N) is 1. The van der Waals surface area contributed by atoms with Gasteiger partial charge in [-0.1, -0.05) is 11.8 Å². The number of hydrogen-bond donors (Lipinski definition) is 2. The van der Waals surface area contributed by atoms with Gasteiger partial charge in [-0.15, -0.1) is 11.3 Å². The van der Waals surface area contributed by atoms with Crippen molar-refractivity contribution in [3.05, 3.63) is 21.9 Å². The first kappa shape index (κ1) is 13.7. The van der Waals surface area contributed by atoms with Crippen LogP contribution in [0.2, 0.25) is 0 Å². The topological polar surface area (TPSA) is 66.6 Å². The number of nitrogens with two attached hydrogens (primary N) is 1. The summed E-state index contributed by atoms with van der Waals surface area (Å²) in [6.07, 6.45) is -0.539. The monoisotopic (exact) mass is 252 g/mol. The van der Waals surface area contributed by atoms with Crippen molar-refractivity contribution in [3.8, 4) is 11.8 Å². The summed E-state index contributed by atoms with van der Waals surface area (Å²) in [7, 11) is 1.66. The molecule has 1 aromatic heterocycles. The Morgan fingerprint density at radius 3 is 3.00 bits per heavy atom. The van der Waals surface area contributed by atoms with Gasteiger partial charge >= 0.3 is 0 Å². The summed E-state index contributed by atoms with van der Waals surface area (Å²) in [6.45, 7) is 2.22. The van der Waals surface area contributed by atoms with Gasteiger partial charge in [-0.05, 0) is 18.4 Å². The number of likely N-dealkylation sites (N-methyl/N-ethyl adjacent to an activating group) is 1. The predicted molar refractivity (Wildman–Crippen MR) is 68.9 cm³/mol. The minimum atomic E-state index is -0.539. The van der Waals surface area contributed by atoms with Crippen molar-refractivity contribution in [2.45, 2.75) is 13.0 Å². The molecule has 0 aliphatic heterocycles. The summed E-state index contributed by atoms with van der Waals surface area (Å²) < 4.78 is 0. The van der Waals surface area contributed by atoms with E-state index in [-0.39, 0.29) is 12.5 Å². The minimum absolute atomic E-state index is 0.123. The average Bonchev–Trinajstić information content (AvgIpc) is 2.72. The van der Waals surface area contributed by atoms with Crippen molar-refractivity contribution in [3.63, 3.8) is 0 Å². The first-order valence-corrected chi connectivity index (χ1v) is 6.14. The Morgan fingerprint density at radius 1 is 1.71 bits per heavy atom. The van der Waals surface area contributed by atoms with E-state index in [9.17, 15) is 9.90 Å². The second kappa shape index (κ2) is 6.40. The Labute approximate surface area is 105 Å². The molecule has 0 saturated heterocycles. The first-order valence-electron chi connectivity index (χ1n) is 5.26. The van der Waals surface area contributed by atoms with Crippen LogP contribution in [0, 0.1) is 11.8 Å². The molecule has 1 aromatic rings. The van der Waals surface area contributed by atoms with Crippen LogP contribution in [0.15, 0.2) is 11.4 Å². The molecule has 0 bridgehead atoms. The molecule has 0 aliphatic carbocycles. The maximum Gasteiger partial charge on any atom is 0.265 e. The molecule has 1 heterocycles. The summed E-state index contributed by atoms with van der Waals surface area (Å²) in [6, 6.07) is 1.80. The molecular weight excluding hydrogens is 236 g/mol. The molecule has 0 fully saturated rings. The zero-order valence-corrected chi connectivity index (χ0v) is 10.8. The second-order valence-corrected chi connectivity index (χ2v) is 4.62. The fraction of sp³-hybridized carbons (Fsp3) is 0.417. The molecule has 1 atom stereocenters. The molecule has 1 unspecified atom stereocenters.